The van der Waals surface area contributed by atoms with Gasteiger partial charge in [0, 0.05) is 12.5 Å². The van der Waals surface area contributed by atoms with Gasteiger partial charge in [0.25, 0.3) is 0 Å². The molecule has 1 aromatic heterocycles. The van der Waals surface area contributed by atoms with E-state index < -0.39 is 6.04 Å². The summed E-state index contributed by atoms with van der Waals surface area (Å²) >= 11 is 0. The van der Waals surface area contributed by atoms with E-state index >= 15 is 0 Å². The molecule has 0 fully saturated rings. The molecule has 5 rings (SSSR count). The summed E-state index contributed by atoms with van der Waals surface area (Å²) < 4.78 is 17.0. The number of aryl methyl sites for hydroxylation is 1. The van der Waals surface area contributed by atoms with E-state index in [9.17, 15) is 14.4 Å². The number of aromatic amines is 1. The van der Waals surface area contributed by atoms with Crippen molar-refractivity contribution in [2.45, 2.75) is 32.4 Å². The molecule has 218 valence electrons. The lowest BCUT2D eigenvalue weighted by molar-refractivity contribution is -0.120. The Balaban J connectivity index is 1.45. The van der Waals surface area contributed by atoms with Crippen molar-refractivity contribution in [1.29, 1.82) is 0 Å². The molecule has 4 aromatic rings. The predicted molar refractivity (Wildman–Crippen MR) is 159 cm³/mol. The molecule has 0 spiro atoms. The SMILES string of the molecule is COc1cc2c(c(OC)c1OC)-c1ccc(NCC(=O)NCc3nc4ccccc4[nH]3)c(=O)cc1[C@@H](NC(C)=O)CC2. The predicted octanol–water partition coefficient (Wildman–Crippen LogP) is 3.47. The largest absolute Gasteiger partial charge is 0.493 e. The van der Waals surface area contributed by atoms with E-state index in [2.05, 4.69) is 25.9 Å². The fourth-order valence-corrected chi connectivity index (χ4v) is 5.36. The average molecular weight is 572 g/mol. The second-order valence-corrected chi connectivity index (χ2v) is 9.93. The quantitative estimate of drug-likeness (QED) is 0.239. The first kappa shape index (κ1) is 28.5. The van der Waals surface area contributed by atoms with E-state index in [1.54, 1.807) is 26.4 Å². The minimum absolute atomic E-state index is 0.121. The molecule has 0 aliphatic heterocycles. The molecule has 0 bridgehead atoms. The van der Waals surface area contributed by atoms with Gasteiger partial charge in [-0.2, -0.15) is 0 Å². The Morgan fingerprint density at radius 2 is 1.81 bits per heavy atom. The summed E-state index contributed by atoms with van der Waals surface area (Å²) in [6.45, 7) is 1.54. The monoisotopic (exact) mass is 571 g/mol. The number of hydrogen-bond donors (Lipinski definition) is 4. The van der Waals surface area contributed by atoms with Crippen molar-refractivity contribution in [1.82, 2.24) is 20.6 Å². The molecule has 1 aliphatic carbocycles. The Labute approximate surface area is 242 Å². The number of benzene rings is 2. The number of anilines is 1. The smallest absolute Gasteiger partial charge is 0.239 e. The third-order valence-corrected chi connectivity index (χ3v) is 7.25. The highest BCUT2D eigenvalue weighted by Crippen LogP contribution is 2.50. The van der Waals surface area contributed by atoms with Crippen LogP contribution in [-0.2, 0) is 22.6 Å². The first-order valence-electron chi connectivity index (χ1n) is 13.5. The Kier molecular flexibility index (Phi) is 8.28. The second kappa shape index (κ2) is 12.2. The van der Waals surface area contributed by atoms with Gasteiger partial charge in [-0.25, -0.2) is 4.98 Å². The number of hydrogen-bond acceptors (Lipinski definition) is 8. The number of amides is 2. The lowest BCUT2D eigenvalue weighted by Crippen LogP contribution is -2.30. The number of fused-ring (bicyclic) bond motifs is 4. The Morgan fingerprint density at radius 1 is 1.02 bits per heavy atom. The van der Waals surface area contributed by atoms with Gasteiger partial charge in [-0.1, -0.05) is 18.2 Å². The molecular formula is C31H33N5O6. The van der Waals surface area contributed by atoms with Crippen LogP contribution in [0.2, 0.25) is 0 Å². The fourth-order valence-electron chi connectivity index (χ4n) is 5.36. The lowest BCUT2D eigenvalue weighted by atomic mass is 9.95. The van der Waals surface area contributed by atoms with E-state index in [1.165, 1.54) is 20.1 Å². The van der Waals surface area contributed by atoms with Gasteiger partial charge in [0.2, 0.25) is 23.0 Å². The van der Waals surface area contributed by atoms with E-state index in [1.807, 2.05) is 30.3 Å². The molecule has 0 radical (unpaired) electrons. The molecule has 11 heteroatoms. The number of carbonyl (C=O) groups excluding carboxylic acids is 2. The number of aromatic nitrogens is 2. The average Bonchev–Trinajstić information content (AvgIpc) is 3.26. The maximum absolute atomic E-state index is 13.4. The molecule has 1 heterocycles. The van der Waals surface area contributed by atoms with Crippen LogP contribution >= 0.6 is 0 Å². The first-order valence-corrected chi connectivity index (χ1v) is 13.5. The molecule has 0 saturated heterocycles. The van der Waals surface area contributed by atoms with Gasteiger partial charge in [0.1, 0.15) is 5.82 Å². The molecular weight excluding hydrogens is 538 g/mol. The molecule has 0 unspecified atom stereocenters. The van der Waals surface area contributed by atoms with E-state index in [4.69, 9.17) is 14.2 Å². The minimum atomic E-state index is -0.424. The number of rotatable bonds is 9. The van der Waals surface area contributed by atoms with Crippen LogP contribution in [0.15, 0.2) is 53.3 Å². The minimum Gasteiger partial charge on any atom is -0.493 e. The number of imidazole rings is 1. The van der Waals surface area contributed by atoms with Crippen LogP contribution in [-0.4, -0.2) is 49.7 Å². The van der Waals surface area contributed by atoms with Gasteiger partial charge in [-0.15, -0.1) is 0 Å². The molecule has 0 saturated carbocycles. The number of ether oxygens (including phenoxy) is 3. The van der Waals surface area contributed by atoms with E-state index in [0.717, 1.165) is 22.2 Å². The number of nitrogens with zero attached hydrogens (tertiary/aromatic N) is 1. The second-order valence-electron chi connectivity index (χ2n) is 9.93. The molecule has 1 aliphatic rings. The Bertz CT molecular complexity index is 1680. The summed E-state index contributed by atoms with van der Waals surface area (Å²) in [4.78, 5) is 45.8. The van der Waals surface area contributed by atoms with Crippen molar-refractivity contribution in [3.63, 3.8) is 0 Å². The Morgan fingerprint density at radius 3 is 2.52 bits per heavy atom. The van der Waals surface area contributed by atoms with Gasteiger partial charge >= 0.3 is 0 Å². The standard InChI is InChI=1S/C31H33N5O6/c1-17(37)34-21-11-9-18-13-26(40-2)30(41-3)31(42-4)29(18)19-10-12-24(25(38)14-20(19)21)32-16-28(39)33-15-27-35-22-7-5-6-8-23(22)36-27/h5-8,10,12-14,21H,9,11,15-16H2,1-4H3,(H,32,38)(H,33,39)(H,34,37)(H,35,36)/t21-/m0/s1. The topological polar surface area (TPSA) is 144 Å². The van der Waals surface area contributed by atoms with Crippen LogP contribution in [0, 0.1) is 0 Å². The summed E-state index contributed by atoms with van der Waals surface area (Å²) in [5.74, 6) is 1.53. The zero-order valence-electron chi connectivity index (χ0n) is 23.9. The van der Waals surface area contributed by atoms with Crippen molar-refractivity contribution in [2.24, 2.45) is 0 Å². The normalized spacial score (nSPS) is 13.8. The van der Waals surface area contributed by atoms with Gasteiger partial charge in [-0.3, -0.25) is 14.4 Å². The number of para-hydroxylation sites is 2. The zero-order chi connectivity index (χ0) is 29.8. The van der Waals surface area contributed by atoms with Crippen molar-refractivity contribution < 1.29 is 23.8 Å². The van der Waals surface area contributed by atoms with Crippen LogP contribution in [0.25, 0.3) is 22.2 Å². The van der Waals surface area contributed by atoms with Gasteiger partial charge in [-0.05, 0) is 59.9 Å². The zero-order valence-corrected chi connectivity index (χ0v) is 23.9. The summed E-state index contributed by atoms with van der Waals surface area (Å²) in [5.41, 5.74) is 4.66. The molecule has 42 heavy (non-hydrogen) atoms. The molecule has 3 aromatic carbocycles. The highest BCUT2D eigenvalue weighted by Gasteiger charge is 2.29. The summed E-state index contributed by atoms with van der Waals surface area (Å²) in [5, 5.41) is 8.76. The van der Waals surface area contributed by atoms with Gasteiger partial charge in [0.15, 0.2) is 11.5 Å². The number of methoxy groups -OCH3 is 3. The van der Waals surface area contributed by atoms with Crippen LogP contribution in [0.1, 0.15) is 36.3 Å². The third kappa shape index (κ3) is 5.71. The maximum Gasteiger partial charge on any atom is 0.239 e. The Hall–Kier alpha value is -5.06. The third-order valence-electron chi connectivity index (χ3n) is 7.25. The van der Waals surface area contributed by atoms with Gasteiger partial charge < -0.3 is 35.1 Å². The number of nitrogens with one attached hydrogen (secondary N) is 4. The van der Waals surface area contributed by atoms with E-state index in [0.29, 0.717) is 47.0 Å². The van der Waals surface area contributed by atoms with Crippen molar-refractivity contribution in [3.05, 3.63) is 75.7 Å². The molecule has 4 N–H and O–H groups in total. The summed E-state index contributed by atoms with van der Waals surface area (Å²) in [6, 6.07) is 14.0. The lowest BCUT2D eigenvalue weighted by Gasteiger charge is -2.19. The van der Waals surface area contributed by atoms with Crippen LogP contribution in [0.4, 0.5) is 5.69 Å². The molecule has 2 amide bonds. The van der Waals surface area contributed by atoms with Crippen molar-refractivity contribution in [3.8, 4) is 28.4 Å². The van der Waals surface area contributed by atoms with Crippen molar-refractivity contribution >= 4 is 28.5 Å². The summed E-state index contributed by atoms with van der Waals surface area (Å²) in [7, 11) is 4.64. The molecule has 11 nitrogen and oxygen atoms in total. The van der Waals surface area contributed by atoms with Crippen LogP contribution < -0.4 is 35.6 Å². The van der Waals surface area contributed by atoms with Crippen LogP contribution in [0.3, 0.4) is 0 Å². The fraction of sp³-hybridized carbons (Fsp3) is 0.290. The highest BCUT2D eigenvalue weighted by atomic mass is 16.5. The van der Waals surface area contributed by atoms with Gasteiger partial charge in [0.05, 0.1) is 57.2 Å². The molecule has 1 atom stereocenters. The van der Waals surface area contributed by atoms with Crippen LogP contribution in [0.5, 0.6) is 17.2 Å². The highest BCUT2D eigenvalue weighted by molar-refractivity contribution is 5.84. The van der Waals surface area contributed by atoms with E-state index in [-0.39, 0.29) is 36.0 Å². The maximum atomic E-state index is 13.4. The van der Waals surface area contributed by atoms with Crippen molar-refractivity contribution in [2.75, 3.05) is 33.2 Å². The number of carbonyl (C=O) groups is 2. The summed E-state index contributed by atoms with van der Waals surface area (Å²) in [6.07, 6.45) is 1.15. The number of H-pyrrole nitrogens is 1. The first-order chi connectivity index (χ1) is 20.3.